The van der Waals surface area contributed by atoms with E-state index in [1.54, 1.807) is 11.6 Å². The largest absolute Gasteiger partial charge is 0.481 e. The molecule has 1 aliphatic carbocycles. The Morgan fingerprint density at radius 3 is 2.58 bits per heavy atom. The second-order valence-electron chi connectivity index (χ2n) is 7.27. The Labute approximate surface area is 152 Å². The van der Waals surface area contributed by atoms with Gasteiger partial charge in [-0.3, -0.25) is 9.59 Å². The van der Waals surface area contributed by atoms with Gasteiger partial charge in [0.1, 0.15) is 5.82 Å². The zero-order chi connectivity index (χ0) is 18.9. The molecule has 1 heterocycles. The summed E-state index contributed by atoms with van der Waals surface area (Å²) in [6.45, 7) is 6.01. The molecule has 0 atom stereocenters. The molecule has 1 aromatic carbocycles. The summed E-state index contributed by atoms with van der Waals surface area (Å²) in [5.74, 6) is -0.344. The van der Waals surface area contributed by atoms with Crippen LogP contribution in [-0.2, 0) is 4.79 Å². The summed E-state index contributed by atoms with van der Waals surface area (Å²) >= 11 is 0. The van der Waals surface area contributed by atoms with E-state index in [2.05, 4.69) is 29.2 Å². The van der Waals surface area contributed by atoms with Crippen LogP contribution in [-0.4, -0.2) is 37.3 Å². The third kappa shape index (κ3) is 3.47. The first-order chi connectivity index (χ1) is 12.3. The van der Waals surface area contributed by atoms with Crippen molar-refractivity contribution in [2.45, 2.75) is 57.9 Å². The predicted octanol–water partition coefficient (Wildman–Crippen LogP) is 2.83. The van der Waals surface area contributed by atoms with Gasteiger partial charge >= 0.3 is 5.97 Å². The minimum Gasteiger partial charge on any atom is -0.481 e. The molecule has 26 heavy (non-hydrogen) atoms. The summed E-state index contributed by atoms with van der Waals surface area (Å²) in [5.41, 5.74) is 1.35. The molecule has 1 fully saturated rings. The lowest BCUT2D eigenvalue weighted by Crippen LogP contribution is -2.54. The van der Waals surface area contributed by atoms with Crippen LogP contribution in [0.25, 0.3) is 5.69 Å². The van der Waals surface area contributed by atoms with E-state index in [1.165, 1.54) is 0 Å². The maximum Gasteiger partial charge on any atom is 0.305 e. The van der Waals surface area contributed by atoms with E-state index >= 15 is 0 Å². The van der Waals surface area contributed by atoms with E-state index in [-0.39, 0.29) is 12.2 Å². The number of benzene rings is 1. The first-order valence-corrected chi connectivity index (χ1v) is 8.88. The van der Waals surface area contributed by atoms with Gasteiger partial charge in [-0.1, -0.05) is 32.0 Å². The van der Waals surface area contributed by atoms with Gasteiger partial charge in [0.15, 0.2) is 0 Å². The Morgan fingerprint density at radius 1 is 1.31 bits per heavy atom. The predicted molar refractivity (Wildman–Crippen MR) is 96.5 cm³/mol. The summed E-state index contributed by atoms with van der Waals surface area (Å²) in [7, 11) is 0. The third-order valence-electron chi connectivity index (χ3n) is 4.94. The molecule has 1 aromatic heterocycles. The molecule has 1 saturated carbocycles. The number of carboxylic acid groups (broad SMARTS) is 1. The normalized spacial score (nSPS) is 15.5. The molecule has 1 amide bonds. The number of aromatic nitrogens is 3. The standard InChI is InChI=1S/C19H24N4O3/c1-12(2)14-7-4-5-8-15(14)23-13(3)20-17(22-23)18(26)21-19(9-6-10-19)11-16(24)25/h4-5,7-8,12H,6,9-11H2,1-3H3,(H,21,26)(H,24,25). The number of amides is 1. The van der Waals surface area contributed by atoms with E-state index in [0.29, 0.717) is 24.6 Å². The molecule has 3 rings (SSSR count). The van der Waals surface area contributed by atoms with Crippen LogP contribution in [0.3, 0.4) is 0 Å². The van der Waals surface area contributed by atoms with Crippen molar-refractivity contribution in [2.75, 3.05) is 0 Å². The lowest BCUT2D eigenvalue weighted by atomic mass is 9.74. The molecule has 2 N–H and O–H groups in total. The van der Waals surface area contributed by atoms with Crippen molar-refractivity contribution in [3.05, 3.63) is 41.5 Å². The van der Waals surface area contributed by atoms with Crippen LogP contribution < -0.4 is 5.32 Å². The van der Waals surface area contributed by atoms with Gasteiger partial charge in [0.25, 0.3) is 5.91 Å². The quantitative estimate of drug-likeness (QED) is 0.829. The minimum atomic E-state index is -0.912. The average Bonchev–Trinajstić information content (AvgIpc) is 2.94. The highest BCUT2D eigenvalue weighted by molar-refractivity contribution is 5.91. The van der Waals surface area contributed by atoms with Crippen molar-refractivity contribution in [2.24, 2.45) is 0 Å². The highest BCUT2D eigenvalue weighted by Gasteiger charge is 2.41. The highest BCUT2D eigenvalue weighted by Crippen LogP contribution is 2.35. The number of carbonyl (C=O) groups is 2. The zero-order valence-electron chi connectivity index (χ0n) is 15.3. The fraction of sp³-hybridized carbons (Fsp3) is 0.474. The summed E-state index contributed by atoms with van der Waals surface area (Å²) in [6, 6.07) is 7.90. The van der Waals surface area contributed by atoms with Crippen LogP contribution in [0.2, 0.25) is 0 Å². The Balaban J connectivity index is 1.87. The van der Waals surface area contributed by atoms with Crippen molar-refractivity contribution in [3.63, 3.8) is 0 Å². The maximum atomic E-state index is 12.6. The van der Waals surface area contributed by atoms with Crippen LogP contribution in [0.1, 0.15) is 67.5 Å². The van der Waals surface area contributed by atoms with Gasteiger partial charge in [-0.05, 0) is 43.7 Å². The van der Waals surface area contributed by atoms with E-state index < -0.39 is 17.4 Å². The second kappa shape index (κ2) is 6.90. The van der Waals surface area contributed by atoms with Crippen LogP contribution in [0.15, 0.2) is 24.3 Å². The number of aliphatic carboxylic acids is 1. The molecule has 138 valence electrons. The SMILES string of the molecule is Cc1nc(C(=O)NC2(CC(=O)O)CCC2)nn1-c1ccccc1C(C)C. The van der Waals surface area contributed by atoms with Crippen molar-refractivity contribution in [3.8, 4) is 5.69 Å². The van der Waals surface area contributed by atoms with Crippen molar-refractivity contribution < 1.29 is 14.7 Å². The molecule has 1 aliphatic rings. The Kier molecular flexibility index (Phi) is 4.80. The number of aryl methyl sites for hydroxylation is 1. The molecule has 2 aromatic rings. The maximum absolute atomic E-state index is 12.6. The van der Waals surface area contributed by atoms with Crippen LogP contribution >= 0.6 is 0 Å². The summed E-state index contributed by atoms with van der Waals surface area (Å²) in [6.07, 6.45) is 2.17. The van der Waals surface area contributed by atoms with Gasteiger partial charge in [0, 0.05) is 0 Å². The van der Waals surface area contributed by atoms with Crippen molar-refractivity contribution >= 4 is 11.9 Å². The first-order valence-electron chi connectivity index (χ1n) is 8.88. The molecule has 7 nitrogen and oxygen atoms in total. The fourth-order valence-electron chi connectivity index (χ4n) is 3.42. The van der Waals surface area contributed by atoms with Crippen LogP contribution in [0, 0.1) is 6.92 Å². The number of carbonyl (C=O) groups excluding carboxylic acids is 1. The molecular weight excluding hydrogens is 332 g/mol. The molecule has 0 radical (unpaired) electrons. The number of nitrogens with one attached hydrogen (secondary N) is 1. The molecule has 7 heteroatoms. The average molecular weight is 356 g/mol. The highest BCUT2D eigenvalue weighted by atomic mass is 16.4. The smallest absolute Gasteiger partial charge is 0.305 e. The number of nitrogens with zero attached hydrogens (tertiary/aromatic N) is 3. The number of hydrogen-bond acceptors (Lipinski definition) is 4. The lowest BCUT2D eigenvalue weighted by Gasteiger charge is -2.41. The molecular formula is C19H24N4O3. The van der Waals surface area contributed by atoms with Gasteiger partial charge in [0.2, 0.25) is 5.82 Å². The number of rotatable bonds is 6. The van der Waals surface area contributed by atoms with Crippen LogP contribution in [0.4, 0.5) is 0 Å². The van der Waals surface area contributed by atoms with Gasteiger partial charge < -0.3 is 10.4 Å². The first kappa shape index (κ1) is 18.1. The molecule has 0 aliphatic heterocycles. The van der Waals surface area contributed by atoms with E-state index in [1.807, 2.05) is 24.3 Å². The number of para-hydroxylation sites is 1. The van der Waals surface area contributed by atoms with E-state index in [0.717, 1.165) is 17.7 Å². The second-order valence-corrected chi connectivity index (χ2v) is 7.27. The topological polar surface area (TPSA) is 97.1 Å². The van der Waals surface area contributed by atoms with Gasteiger partial charge in [-0.2, -0.15) is 0 Å². The molecule has 0 bridgehead atoms. The summed E-state index contributed by atoms with van der Waals surface area (Å²) < 4.78 is 1.68. The Morgan fingerprint density at radius 2 is 2.00 bits per heavy atom. The number of carboxylic acids is 1. The minimum absolute atomic E-state index is 0.0673. The Hall–Kier alpha value is -2.70. The lowest BCUT2D eigenvalue weighted by molar-refractivity contribution is -0.139. The molecule has 0 saturated heterocycles. The van der Waals surface area contributed by atoms with Crippen LogP contribution in [0.5, 0.6) is 0 Å². The van der Waals surface area contributed by atoms with Crippen molar-refractivity contribution in [1.82, 2.24) is 20.1 Å². The molecule has 0 spiro atoms. The molecule has 0 unspecified atom stereocenters. The summed E-state index contributed by atoms with van der Waals surface area (Å²) in [5, 5.41) is 16.3. The van der Waals surface area contributed by atoms with E-state index in [4.69, 9.17) is 5.11 Å². The zero-order valence-corrected chi connectivity index (χ0v) is 15.3. The van der Waals surface area contributed by atoms with Gasteiger partial charge in [-0.15, -0.1) is 5.10 Å². The fourth-order valence-corrected chi connectivity index (χ4v) is 3.42. The number of hydrogen-bond donors (Lipinski definition) is 2. The van der Waals surface area contributed by atoms with E-state index in [9.17, 15) is 9.59 Å². The Bertz CT molecular complexity index is 837. The van der Waals surface area contributed by atoms with Crippen molar-refractivity contribution in [1.29, 1.82) is 0 Å². The monoisotopic (exact) mass is 356 g/mol. The third-order valence-corrected chi connectivity index (χ3v) is 4.94. The van der Waals surface area contributed by atoms with Gasteiger partial charge in [-0.25, -0.2) is 9.67 Å². The summed E-state index contributed by atoms with van der Waals surface area (Å²) in [4.78, 5) is 28.0. The van der Waals surface area contributed by atoms with Gasteiger partial charge in [0.05, 0.1) is 17.6 Å².